The van der Waals surface area contributed by atoms with Gasteiger partial charge in [-0.2, -0.15) is 0 Å². The molecular weight excluding hydrogens is 344 g/mol. The molecule has 2 amide bonds. The molecule has 25 heavy (non-hydrogen) atoms. The number of anilines is 1. The average Bonchev–Trinajstić information content (AvgIpc) is 3.40. The molecule has 2 fully saturated rings. The van der Waals surface area contributed by atoms with Crippen LogP contribution in [-0.4, -0.2) is 55.6 Å². The lowest BCUT2D eigenvalue weighted by Gasteiger charge is -2.26. The van der Waals surface area contributed by atoms with Crippen LogP contribution in [0.5, 0.6) is 0 Å². The summed E-state index contributed by atoms with van der Waals surface area (Å²) in [5, 5.41) is 3.22. The largest absolute Gasteiger partial charge is 0.462 e. The second-order valence-electron chi connectivity index (χ2n) is 6.15. The summed E-state index contributed by atoms with van der Waals surface area (Å²) in [7, 11) is 0. The maximum absolute atomic E-state index is 12.8. The minimum absolute atomic E-state index is 0.0100. The fourth-order valence-corrected chi connectivity index (χ4v) is 3.89. The van der Waals surface area contributed by atoms with Crippen LogP contribution in [0.15, 0.2) is 0 Å². The van der Waals surface area contributed by atoms with Crippen molar-refractivity contribution >= 4 is 34.1 Å². The summed E-state index contributed by atoms with van der Waals surface area (Å²) in [5.74, 6) is -0.736. The smallest absolute Gasteiger partial charge is 0.341 e. The Kier molecular flexibility index (Phi) is 5.39. The molecule has 8 heteroatoms. The first kappa shape index (κ1) is 17.9. The van der Waals surface area contributed by atoms with E-state index in [0.717, 1.165) is 24.2 Å². The van der Waals surface area contributed by atoms with Gasteiger partial charge in [0.25, 0.3) is 5.91 Å². The third kappa shape index (κ3) is 3.85. The number of rotatable bonds is 5. The Morgan fingerprint density at radius 3 is 2.56 bits per heavy atom. The predicted molar refractivity (Wildman–Crippen MR) is 93.1 cm³/mol. The lowest BCUT2D eigenvalue weighted by Crippen LogP contribution is -2.40. The Balaban J connectivity index is 1.90. The summed E-state index contributed by atoms with van der Waals surface area (Å²) >= 11 is 1.15. The molecule has 0 aromatic carbocycles. The van der Waals surface area contributed by atoms with Crippen molar-refractivity contribution < 1.29 is 23.9 Å². The zero-order valence-corrected chi connectivity index (χ0v) is 15.2. The van der Waals surface area contributed by atoms with E-state index in [-0.39, 0.29) is 29.9 Å². The number of ether oxygens (including phenoxy) is 2. The number of carbonyl (C=O) groups excluding carboxylic acids is 3. The zero-order chi connectivity index (χ0) is 18.0. The van der Waals surface area contributed by atoms with Gasteiger partial charge in [-0.25, -0.2) is 4.79 Å². The first-order valence-corrected chi connectivity index (χ1v) is 9.33. The van der Waals surface area contributed by atoms with Crippen molar-refractivity contribution in [2.75, 3.05) is 38.2 Å². The van der Waals surface area contributed by atoms with E-state index < -0.39 is 5.97 Å². The molecule has 2 aliphatic rings. The van der Waals surface area contributed by atoms with Crippen molar-refractivity contribution in [1.29, 1.82) is 0 Å². The number of nitrogens with one attached hydrogen (secondary N) is 1. The van der Waals surface area contributed by atoms with Gasteiger partial charge in [-0.1, -0.05) is 0 Å². The van der Waals surface area contributed by atoms with Crippen LogP contribution in [0.1, 0.15) is 45.4 Å². The minimum atomic E-state index is -0.511. The molecule has 1 saturated carbocycles. The first-order valence-electron chi connectivity index (χ1n) is 8.51. The SMILES string of the molecule is CCOC(=O)c1c(NC(=O)C2CC2)sc(C(=O)N2CCOCC2)c1C. The van der Waals surface area contributed by atoms with Crippen LogP contribution in [0.3, 0.4) is 0 Å². The van der Waals surface area contributed by atoms with Crippen molar-refractivity contribution in [3.05, 3.63) is 16.0 Å². The molecule has 0 radical (unpaired) electrons. The highest BCUT2D eigenvalue weighted by atomic mass is 32.1. The molecule has 1 N–H and O–H groups in total. The summed E-state index contributed by atoms with van der Waals surface area (Å²) < 4.78 is 10.4. The van der Waals surface area contributed by atoms with Gasteiger partial charge in [0.05, 0.1) is 30.3 Å². The van der Waals surface area contributed by atoms with E-state index in [4.69, 9.17) is 9.47 Å². The Morgan fingerprint density at radius 2 is 1.96 bits per heavy atom. The van der Waals surface area contributed by atoms with Crippen LogP contribution in [0, 0.1) is 12.8 Å². The second-order valence-corrected chi connectivity index (χ2v) is 7.17. The third-order valence-electron chi connectivity index (χ3n) is 4.30. The number of amides is 2. The van der Waals surface area contributed by atoms with Gasteiger partial charge < -0.3 is 19.7 Å². The summed E-state index contributed by atoms with van der Waals surface area (Å²) in [6.07, 6.45) is 1.73. The Hall–Kier alpha value is -1.93. The van der Waals surface area contributed by atoms with Crippen LogP contribution >= 0.6 is 11.3 Å². The highest BCUT2D eigenvalue weighted by Gasteiger charge is 2.33. The Morgan fingerprint density at radius 1 is 1.28 bits per heavy atom. The summed E-state index contributed by atoms with van der Waals surface area (Å²) in [6, 6.07) is 0. The molecule has 0 atom stereocenters. The lowest BCUT2D eigenvalue weighted by atomic mass is 10.1. The van der Waals surface area contributed by atoms with E-state index in [0.29, 0.717) is 41.7 Å². The maximum atomic E-state index is 12.8. The van der Waals surface area contributed by atoms with Gasteiger partial charge in [0.2, 0.25) is 5.91 Å². The molecule has 3 rings (SSSR count). The predicted octanol–water partition coefficient (Wildman–Crippen LogP) is 2.05. The van der Waals surface area contributed by atoms with Crippen LogP contribution < -0.4 is 5.32 Å². The molecule has 136 valence electrons. The van der Waals surface area contributed by atoms with Gasteiger partial charge >= 0.3 is 5.97 Å². The maximum Gasteiger partial charge on any atom is 0.341 e. The molecule has 0 bridgehead atoms. The average molecular weight is 366 g/mol. The zero-order valence-electron chi connectivity index (χ0n) is 14.4. The molecule has 1 saturated heterocycles. The number of thiophene rings is 1. The van der Waals surface area contributed by atoms with E-state index in [1.807, 2.05) is 0 Å². The summed E-state index contributed by atoms with van der Waals surface area (Å²) in [5.41, 5.74) is 0.850. The molecule has 2 heterocycles. The highest BCUT2D eigenvalue weighted by Crippen LogP contribution is 2.37. The fourth-order valence-electron chi connectivity index (χ4n) is 2.72. The van der Waals surface area contributed by atoms with Crippen LogP contribution in [-0.2, 0) is 14.3 Å². The van der Waals surface area contributed by atoms with E-state index >= 15 is 0 Å². The number of nitrogens with zero attached hydrogens (tertiary/aromatic N) is 1. The standard InChI is InChI=1S/C17H22N2O5S/c1-3-24-17(22)12-10(2)13(16(21)19-6-8-23-9-7-19)25-15(12)18-14(20)11-4-5-11/h11H,3-9H2,1-2H3,(H,18,20). The topological polar surface area (TPSA) is 84.9 Å². The summed E-state index contributed by atoms with van der Waals surface area (Å²) in [6.45, 7) is 5.74. The molecule has 1 aromatic rings. The first-order chi connectivity index (χ1) is 12.0. The molecular formula is C17H22N2O5S. The minimum Gasteiger partial charge on any atom is -0.462 e. The van der Waals surface area contributed by atoms with Gasteiger partial charge in [0, 0.05) is 19.0 Å². The van der Waals surface area contributed by atoms with Crippen molar-refractivity contribution in [1.82, 2.24) is 4.90 Å². The quantitative estimate of drug-likeness (QED) is 0.806. The van der Waals surface area contributed by atoms with Crippen molar-refractivity contribution in [3.8, 4) is 0 Å². The number of morpholine rings is 1. The monoisotopic (exact) mass is 366 g/mol. The van der Waals surface area contributed by atoms with E-state index in [1.54, 1.807) is 18.7 Å². The van der Waals surface area contributed by atoms with Gasteiger partial charge in [-0.15, -0.1) is 11.3 Å². The molecule has 1 aliphatic heterocycles. The van der Waals surface area contributed by atoms with E-state index in [9.17, 15) is 14.4 Å². The van der Waals surface area contributed by atoms with Crippen molar-refractivity contribution in [2.45, 2.75) is 26.7 Å². The van der Waals surface area contributed by atoms with Gasteiger partial charge in [-0.05, 0) is 32.3 Å². The molecule has 0 unspecified atom stereocenters. The van der Waals surface area contributed by atoms with Crippen LogP contribution in [0.4, 0.5) is 5.00 Å². The summed E-state index contributed by atoms with van der Waals surface area (Å²) in [4.78, 5) is 39.5. The van der Waals surface area contributed by atoms with Crippen LogP contribution in [0.2, 0.25) is 0 Å². The lowest BCUT2D eigenvalue weighted by molar-refractivity contribution is -0.117. The van der Waals surface area contributed by atoms with Crippen molar-refractivity contribution in [3.63, 3.8) is 0 Å². The number of hydrogen-bond acceptors (Lipinski definition) is 6. The highest BCUT2D eigenvalue weighted by molar-refractivity contribution is 7.18. The number of esters is 1. The molecule has 1 aromatic heterocycles. The second kappa shape index (κ2) is 7.53. The number of carbonyl (C=O) groups is 3. The molecule has 1 aliphatic carbocycles. The van der Waals surface area contributed by atoms with Gasteiger partial charge in [0.15, 0.2) is 0 Å². The fraction of sp³-hybridized carbons (Fsp3) is 0.588. The van der Waals surface area contributed by atoms with Crippen LogP contribution in [0.25, 0.3) is 0 Å². The molecule has 0 spiro atoms. The van der Waals surface area contributed by atoms with Gasteiger partial charge in [0.1, 0.15) is 5.00 Å². The van der Waals surface area contributed by atoms with Crippen molar-refractivity contribution in [2.24, 2.45) is 5.92 Å². The Bertz CT molecular complexity index is 689. The normalized spacial score (nSPS) is 17.3. The molecule has 7 nitrogen and oxygen atoms in total. The van der Waals surface area contributed by atoms with E-state index in [1.165, 1.54) is 0 Å². The van der Waals surface area contributed by atoms with E-state index in [2.05, 4.69) is 5.32 Å². The third-order valence-corrected chi connectivity index (χ3v) is 5.50. The number of hydrogen-bond donors (Lipinski definition) is 1. The Labute approximate surface area is 150 Å². The van der Waals surface area contributed by atoms with Gasteiger partial charge in [-0.3, -0.25) is 9.59 Å².